The molecule has 3 nitrogen and oxygen atoms in total. The Morgan fingerprint density at radius 3 is 2.86 bits per heavy atom. The van der Waals surface area contributed by atoms with E-state index in [2.05, 4.69) is 27.5 Å². The van der Waals surface area contributed by atoms with Crippen LogP contribution in [0.1, 0.15) is 19.3 Å². The summed E-state index contributed by atoms with van der Waals surface area (Å²) in [5, 5.41) is 10.6. The average Bonchev–Trinajstić information content (AvgIpc) is 2.79. The Hall–Kier alpha value is -1.38. The van der Waals surface area contributed by atoms with Crippen molar-refractivity contribution in [3.8, 4) is 0 Å². The van der Waals surface area contributed by atoms with Crippen molar-refractivity contribution in [3.05, 3.63) is 30.3 Å². The van der Waals surface area contributed by atoms with Gasteiger partial charge in [0.05, 0.1) is 17.8 Å². The van der Waals surface area contributed by atoms with Crippen LogP contribution < -0.4 is 5.01 Å². The maximum Gasteiger partial charge on any atom is 0.0954 e. The summed E-state index contributed by atoms with van der Waals surface area (Å²) < 4.78 is 0. The van der Waals surface area contributed by atoms with Crippen molar-refractivity contribution >= 4 is 5.69 Å². The van der Waals surface area contributed by atoms with Gasteiger partial charge in [0.2, 0.25) is 0 Å². The summed E-state index contributed by atoms with van der Waals surface area (Å²) in [6.07, 6.45) is 3.72. The Labute approximate surface area is 83.4 Å². The molecule has 1 aromatic carbocycles. The number of hydrogen-bond donors (Lipinski definition) is 0. The standard InChI is InChI=1S/C11H13N3/c1-2-5-9(6-3-1)14-11-8-4-7-10(11)12-13-14/h1-3,5-6,10-11H,4,7-8H2/t10-,11+/m1/s1. The van der Waals surface area contributed by atoms with Gasteiger partial charge in [0.1, 0.15) is 0 Å². The first-order valence-corrected chi connectivity index (χ1v) is 5.20. The molecule has 1 aliphatic heterocycles. The second-order valence-electron chi connectivity index (χ2n) is 3.95. The van der Waals surface area contributed by atoms with Gasteiger partial charge in [-0.3, -0.25) is 0 Å². The Morgan fingerprint density at radius 2 is 2.00 bits per heavy atom. The van der Waals surface area contributed by atoms with E-state index in [1.807, 2.05) is 18.2 Å². The van der Waals surface area contributed by atoms with Crippen molar-refractivity contribution in [3.63, 3.8) is 0 Å². The van der Waals surface area contributed by atoms with Crippen LogP contribution in [-0.2, 0) is 0 Å². The lowest BCUT2D eigenvalue weighted by molar-refractivity contribution is 0.632. The minimum absolute atomic E-state index is 0.454. The molecule has 1 aromatic rings. The molecule has 3 rings (SSSR count). The Morgan fingerprint density at radius 1 is 1.14 bits per heavy atom. The molecule has 2 atom stereocenters. The summed E-state index contributed by atoms with van der Waals surface area (Å²) in [6.45, 7) is 0. The minimum atomic E-state index is 0.454. The van der Waals surface area contributed by atoms with Crippen molar-refractivity contribution in [2.45, 2.75) is 31.3 Å². The molecule has 1 saturated carbocycles. The summed E-state index contributed by atoms with van der Waals surface area (Å²) in [4.78, 5) is 0. The maximum absolute atomic E-state index is 4.31. The lowest BCUT2D eigenvalue weighted by Crippen LogP contribution is -2.30. The third-order valence-corrected chi connectivity index (χ3v) is 3.08. The summed E-state index contributed by atoms with van der Waals surface area (Å²) in [5.41, 5.74) is 1.17. The molecule has 0 unspecified atom stereocenters. The molecule has 0 amide bonds. The van der Waals surface area contributed by atoms with Gasteiger partial charge >= 0.3 is 0 Å². The molecule has 0 spiro atoms. The normalized spacial score (nSPS) is 29.6. The first-order chi connectivity index (χ1) is 6.95. The van der Waals surface area contributed by atoms with E-state index in [-0.39, 0.29) is 0 Å². The van der Waals surface area contributed by atoms with Crippen LogP contribution in [0.3, 0.4) is 0 Å². The highest BCUT2D eigenvalue weighted by atomic mass is 15.6. The van der Waals surface area contributed by atoms with Gasteiger partial charge in [0.15, 0.2) is 0 Å². The van der Waals surface area contributed by atoms with Crippen molar-refractivity contribution in [1.29, 1.82) is 0 Å². The molecule has 2 aliphatic rings. The van der Waals surface area contributed by atoms with Crippen molar-refractivity contribution in [2.75, 3.05) is 5.01 Å². The molecule has 72 valence electrons. The molecule has 0 N–H and O–H groups in total. The number of nitrogens with zero attached hydrogens (tertiary/aromatic N) is 3. The van der Waals surface area contributed by atoms with Gasteiger partial charge in [-0.15, -0.1) is 0 Å². The molecule has 0 saturated heterocycles. The van der Waals surface area contributed by atoms with E-state index in [9.17, 15) is 0 Å². The smallest absolute Gasteiger partial charge is 0.0954 e. The minimum Gasteiger partial charge on any atom is -0.242 e. The monoisotopic (exact) mass is 187 g/mol. The molecule has 1 heterocycles. The summed E-state index contributed by atoms with van der Waals surface area (Å²) in [7, 11) is 0. The van der Waals surface area contributed by atoms with E-state index < -0.39 is 0 Å². The molecule has 0 aromatic heterocycles. The lowest BCUT2D eigenvalue weighted by Gasteiger charge is -2.20. The maximum atomic E-state index is 4.31. The first-order valence-electron chi connectivity index (χ1n) is 5.20. The van der Waals surface area contributed by atoms with Gasteiger partial charge in [0.25, 0.3) is 0 Å². The second-order valence-corrected chi connectivity index (χ2v) is 3.95. The van der Waals surface area contributed by atoms with Gasteiger partial charge < -0.3 is 0 Å². The fourth-order valence-corrected chi connectivity index (χ4v) is 2.35. The topological polar surface area (TPSA) is 28.0 Å². The SMILES string of the molecule is c1ccc(N2N=N[C@@H]3CCC[C@@H]32)cc1. The highest BCUT2D eigenvalue weighted by Crippen LogP contribution is 2.35. The molecule has 1 aliphatic carbocycles. The molecular weight excluding hydrogens is 174 g/mol. The largest absolute Gasteiger partial charge is 0.242 e. The van der Waals surface area contributed by atoms with Crippen molar-refractivity contribution in [2.24, 2.45) is 10.3 Å². The quantitative estimate of drug-likeness (QED) is 0.664. The summed E-state index contributed by atoms with van der Waals surface area (Å²) in [5.74, 6) is 0. The summed E-state index contributed by atoms with van der Waals surface area (Å²) in [6, 6.07) is 11.3. The Kier molecular flexibility index (Phi) is 1.76. The van der Waals surface area contributed by atoms with E-state index in [1.165, 1.54) is 24.9 Å². The molecule has 14 heavy (non-hydrogen) atoms. The van der Waals surface area contributed by atoms with E-state index in [0.717, 1.165) is 0 Å². The predicted octanol–water partition coefficient (Wildman–Crippen LogP) is 2.79. The zero-order valence-corrected chi connectivity index (χ0v) is 8.00. The molecule has 1 fully saturated rings. The molecular formula is C11H13N3. The van der Waals surface area contributed by atoms with Crippen LogP contribution in [0.5, 0.6) is 0 Å². The zero-order chi connectivity index (χ0) is 9.38. The van der Waals surface area contributed by atoms with Gasteiger partial charge in [-0.2, -0.15) is 5.11 Å². The van der Waals surface area contributed by atoms with Crippen LogP contribution in [0.15, 0.2) is 40.7 Å². The van der Waals surface area contributed by atoms with Gasteiger partial charge in [-0.05, 0) is 31.4 Å². The van der Waals surface area contributed by atoms with Crippen LogP contribution >= 0.6 is 0 Å². The lowest BCUT2D eigenvalue weighted by atomic mass is 10.1. The zero-order valence-electron chi connectivity index (χ0n) is 8.00. The van der Waals surface area contributed by atoms with Gasteiger partial charge in [-0.25, -0.2) is 5.01 Å². The van der Waals surface area contributed by atoms with E-state index in [4.69, 9.17) is 0 Å². The highest BCUT2D eigenvalue weighted by molar-refractivity contribution is 5.47. The van der Waals surface area contributed by atoms with E-state index in [1.54, 1.807) is 0 Å². The van der Waals surface area contributed by atoms with Crippen LogP contribution in [-0.4, -0.2) is 12.1 Å². The molecule has 0 radical (unpaired) electrons. The number of fused-ring (bicyclic) bond motifs is 1. The molecule has 3 heteroatoms. The first kappa shape index (κ1) is 7.97. The Bertz CT molecular complexity index is 347. The second kappa shape index (κ2) is 3.08. The number of anilines is 1. The third kappa shape index (κ3) is 1.12. The van der Waals surface area contributed by atoms with E-state index >= 15 is 0 Å². The van der Waals surface area contributed by atoms with Crippen LogP contribution in [0.2, 0.25) is 0 Å². The van der Waals surface area contributed by atoms with Gasteiger partial charge in [0, 0.05) is 0 Å². The van der Waals surface area contributed by atoms with Crippen molar-refractivity contribution < 1.29 is 0 Å². The number of hydrogen-bond acceptors (Lipinski definition) is 3. The predicted molar refractivity (Wildman–Crippen MR) is 55.2 cm³/mol. The van der Waals surface area contributed by atoms with Crippen LogP contribution in [0, 0.1) is 0 Å². The number of para-hydroxylation sites is 1. The van der Waals surface area contributed by atoms with Crippen LogP contribution in [0.25, 0.3) is 0 Å². The average molecular weight is 187 g/mol. The van der Waals surface area contributed by atoms with Gasteiger partial charge in [-0.1, -0.05) is 23.4 Å². The summed E-state index contributed by atoms with van der Waals surface area (Å²) >= 11 is 0. The number of rotatable bonds is 1. The fraction of sp³-hybridized carbons (Fsp3) is 0.455. The third-order valence-electron chi connectivity index (χ3n) is 3.08. The van der Waals surface area contributed by atoms with E-state index in [0.29, 0.717) is 12.1 Å². The molecule has 0 bridgehead atoms. The van der Waals surface area contributed by atoms with Crippen molar-refractivity contribution in [1.82, 2.24) is 0 Å². The fourth-order valence-electron chi connectivity index (χ4n) is 2.35. The Balaban J connectivity index is 1.90. The van der Waals surface area contributed by atoms with Crippen LogP contribution in [0.4, 0.5) is 5.69 Å². The highest BCUT2D eigenvalue weighted by Gasteiger charge is 2.37. The number of benzene rings is 1.